The summed E-state index contributed by atoms with van der Waals surface area (Å²) in [4.78, 5) is 13.1. The number of carbonyl (C=O) groups is 1. The summed E-state index contributed by atoms with van der Waals surface area (Å²) in [5, 5.41) is 0. The summed E-state index contributed by atoms with van der Waals surface area (Å²) >= 11 is 0. The summed E-state index contributed by atoms with van der Waals surface area (Å²) in [5.41, 5.74) is 0. The number of methoxy groups -OCH3 is 1. The first-order valence-corrected chi connectivity index (χ1v) is 4.37. The van der Waals surface area contributed by atoms with Crippen molar-refractivity contribution in [3.63, 3.8) is 0 Å². The lowest BCUT2D eigenvalue weighted by Gasteiger charge is -2.21. The quantitative estimate of drug-likeness (QED) is 0.586. The fraction of sp³-hybridized carbons (Fsp3) is 0.889. The van der Waals surface area contributed by atoms with E-state index < -0.39 is 0 Å². The van der Waals surface area contributed by atoms with Crippen LogP contribution in [0, 0.1) is 0 Å². The van der Waals surface area contributed by atoms with Crippen LogP contribution in [0.25, 0.3) is 0 Å². The number of rotatable bonds is 5. The molecule has 0 rings (SSSR count). The molecule has 0 spiro atoms. The monoisotopic (exact) mass is 173 g/mol. The van der Waals surface area contributed by atoms with Gasteiger partial charge in [-0.1, -0.05) is 19.8 Å². The second-order valence-corrected chi connectivity index (χ2v) is 3.14. The molecule has 0 bridgehead atoms. The molecule has 1 unspecified atom stereocenters. The molecule has 0 aliphatic rings. The van der Waals surface area contributed by atoms with Gasteiger partial charge >= 0.3 is 5.97 Å². The van der Waals surface area contributed by atoms with E-state index in [1.165, 1.54) is 7.11 Å². The minimum atomic E-state index is -0.131. The van der Waals surface area contributed by atoms with Crippen LogP contribution >= 0.6 is 0 Å². The SMILES string of the molecule is CCCCC(C(=O)OC)N(C)C. The lowest BCUT2D eigenvalue weighted by molar-refractivity contribution is -0.146. The second-order valence-electron chi connectivity index (χ2n) is 3.14. The molecule has 1 atom stereocenters. The number of esters is 1. The first kappa shape index (κ1) is 11.4. The Labute approximate surface area is 74.7 Å². The smallest absolute Gasteiger partial charge is 0.323 e. The number of hydrogen-bond donors (Lipinski definition) is 0. The Morgan fingerprint density at radius 1 is 1.50 bits per heavy atom. The zero-order chi connectivity index (χ0) is 9.56. The number of unbranched alkanes of at least 4 members (excludes halogenated alkanes) is 1. The lowest BCUT2D eigenvalue weighted by atomic mass is 10.1. The van der Waals surface area contributed by atoms with Crippen molar-refractivity contribution in [1.82, 2.24) is 4.90 Å². The fourth-order valence-electron chi connectivity index (χ4n) is 1.12. The number of ether oxygens (including phenoxy) is 1. The van der Waals surface area contributed by atoms with Gasteiger partial charge < -0.3 is 4.74 Å². The molecule has 12 heavy (non-hydrogen) atoms. The summed E-state index contributed by atoms with van der Waals surface area (Å²) in [7, 11) is 5.24. The minimum absolute atomic E-state index is 0.0741. The van der Waals surface area contributed by atoms with E-state index in [0.717, 1.165) is 19.3 Å². The molecule has 0 radical (unpaired) electrons. The highest BCUT2D eigenvalue weighted by atomic mass is 16.5. The largest absolute Gasteiger partial charge is 0.468 e. The topological polar surface area (TPSA) is 29.5 Å². The molecule has 0 heterocycles. The predicted octanol–water partition coefficient (Wildman–Crippen LogP) is 1.28. The van der Waals surface area contributed by atoms with Gasteiger partial charge in [-0.2, -0.15) is 0 Å². The summed E-state index contributed by atoms with van der Waals surface area (Å²) in [6.07, 6.45) is 3.06. The lowest BCUT2D eigenvalue weighted by Crippen LogP contribution is -2.36. The van der Waals surface area contributed by atoms with E-state index in [-0.39, 0.29) is 12.0 Å². The van der Waals surface area contributed by atoms with Gasteiger partial charge in [-0.25, -0.2) is 0 Å². The van der Waals surface area contributed by atoms with Crippen LogP contribution < -0.4 is 0 Å². The van der Waals surface area contributed by atoms with Crippen LogP contribution in [0.3, 0.4) is 0 Å². The van der Waals surface area contributed by atoms with Crippen molar-refractivity contribution in [1.29, 1.82) is 0 Å². The number of carbonyl (C=O) groups excluding carboxylic acids is 1. The van der Waals surface area contributed by atoms with E-state index in [4.69, 9.17) is 4.74 Å². The molecule has 0 aromatic rings. The Kier molecular flexibility index (Phi) is 5.72. The van der Waals surface area contributed by atoms with Gasteiger partial charge in [0.25, 0.3) is 0 Å². The molecule has 0 N–H and O–H groups in total. The van der Waals surface area contributed by atoms with E-state index in [1.807, 2.05) is 19.0 Å². The number of likely N-dealkylation sites (N-methyl/N-ethyl adjacent to an activating group) is 1. The van der Waals surface area contributed by atoms with Crippen LogP contribution in [0.15, 0.2) is 0 Å². The molecule has 0 aliphatic heterocycles. The van der Waals surface area contributed by atoms with Crippen molar-refractivity contribution in [3.8, 4) is 0 Å². The fourth-order valence-corrected chi connectivity index (χ4v) is 1.12. The van der Waals surface area contributed by atoms with Crippen LogP contribution in [-0.2, 0) is 9.53 Å². The number of nitrogens with zero attached hydrogens (tertiary/aromatic N) is 1. The maximum atomic E-state index is 11.2. The third-order valence-electron chi connectivity index (χ3n) is 1.93. The summed E-state index contributed by atoms with van der Waals surface area (Å²) in [6.45, 7) is 2.12. The Balaban J connectivity index is 3.95. The molecule has 0 saturated carbocycles. The molecular weight excluding hydrogens is 154 g/mol. The molecule has 0 aromatic carbocycles. The van der Waals surface area contributed by atoms with Crippen LogP contribution in [0.2, 0.25) is 0 Å². The molecule has 0 fully saturated rings. The van der Waals surface area contributed by atoms with E-state index in [0.29, 0.717) is 0 Å². The second kappa shape index (κ2) is 6.00. The standard InChI is InChI=1S/C9H19NO2/c1-5-6-7-8(10(2)3)9(11)12-4/h8H,5-7H2,1-4H3. The summed E-state index contributed by atoms with van der Waals surface area (Å²) in [6, 6.07) is -0.0741. The van der Waals surface area contributed by atoms with Gasteiger partial charge in [-0.15, -0.1) is 0 Å². The Bertz CT molecular complexity index is 134. The van der Waals surface area contributed by atoms with E-state index in [2.05, 4.69) is 6.92 Å². The zero-order valence-electron chi connectivity index (χ0n) is 8.46. The average Bonchev–Trinajstić information content (AvgIpc) is 2.04. The molecule has 0 aliphatic carbocycles. The molecule has 3 nitrogen and oxygen atoms in total. The van der Waals surface area contributed by atoms with E-state index in [1.54, 1.807) is 0 Å². The van der Waals surface area contributed by atoms with Gasteiger partial charge in [0.1, 0.15) is 6.04 Å². The Morgan fingerprint density at radius 3 is 2.42 bits per heavy atom. The zero-order valence-corrected chi connectivity index (χ0v) is 8.46. The van der Waals surface area contributed by atoms with Crippen LogP contribution in [0.4, 0.5) is 0 Å². The van der Waals surface area contributed by atoms with Crippen molar-refractivity contribution < 1.29 is 9.53 Å². The Hall–Kier alpha value is -0.570. The van der Waals surface area contributed by atoms with Gasteiger partial charge in [0.2, 0.25) is 0 Å². The number of hydrogen-bond acceptors (Lipinski definition) is 3. The highest BCUT2D eigenvalue weighted by Gasteiger charge is 2.19. The molecule has 3 heteroatoms. The van der Waals surface area contributed by atoms with Crippen LogP contribution in [0.1, 0.15) is 26.2 Å². The van der Waals surface area contributed by atoms with Gasteiger partial charge in [0, 0.05) is 0 Å². The molecular formula is C9H19NO2. The third kappa shape index (κ3) is 3.72. The van der Waals surface area contributed by atoms with Gasteiger partial charge in [0.15, 0.2) is 0 Å². The average molecular weight is 173 g/mol. The highest BCUT2D eigenvalue weighted by Crippen LogP contribution is 2.06. The van der Waals surface area contributed by atoms with Crippen LogP contribution in [0.5, 0.6) is 0 Å². The van der Waals surface area contributed by atoms with Gasteiger partial charge in [-0.05, 0) is 20.5 Å². The Morgan fingerprint density at radius 2 is 2.08 bits per heavy atom. The summed E-state index contributed by atoms with van der Waals surface area (Å²) in [5.74, 6) is -0.131. The molecule has 0 amide bonds. The van der Waals surface area contributed by atoms with E-state index >= 15 is 0 Å². The normalized spacial score (nSPS) is 13.1. The summed E-state index contributed by atoms with van der Waals surface area (Å²) < 4.78 is 4.69. The molecule has 72 valence electrons. The van der Waals surface area contributed by atoms with Crippen molar-refractivity contribution in [2.24, 2.45) is 0 Å². The van der Waals surface area contributed by atoms with Crippen LogP contribution in [-0.4, -0.2) is 38.1 Å². The predicted molar refractivity (Wildman–Crippen MR) is 49.0 cm³/mol. The van der Waals surface area contributed by atoms with Crippen molar-refractivity contribution in [3.05, 3.63) is 0 Å². The van der Waals surface area contributed by atoms with Gasteiger partial charge in [-0.3, -0.25) is 9.69 Å². The third-order valence-corrected chi connectivity index (χ3v) is 1.93. The van der Waals surface area contributed by atoms with E-state index in [9.17, 15) is 4.79 Å². The minimum Gasteiger partial charge on any atom is -0.468 e. The van der Waals surface area contributed by atoms with Gasteiger partial charge in [0.05, 0.1) is 7.11 Å². The molecule has 0 saturated heterocycles. The van der Waals surface area contributed by atoms with Crippen molar-refractivity contribution in [2.45, 2.75) is 32.2 Å². The first-order valence-electron chi connectivity index (χ1n) is 4.37. The molecule has 0 aromatic heterocycles. The first-order chi connectivity index (χ1) is 5.63. The maximum absolute atomic E-state index is 11.2. The maximum Gasteiger partial charge on any atom is 0.323 e. The van der Waals surface area contributed by atoms with Crippen molar-refractivity contribution in [2.75, 3.05) is 21.2 Å². The highest BCUT2D eigenvalue weighted by molar-refractivity contribution is 5.75. The van der Waals surface area contributed by atoms with Crippen molar-refractivity contribution >= 4 is 5.97 Å².